The number of hydrogen-bond acceptors (Lipinski definition) is 4. The molecule has 5 heteroatoms. The molecule has 3 N–H and O–H groups in total. The maximum atomic E-state index is 10.3. The fraction of sp³-hybridized carbons (Fsp3) is 0.250. The van der Waals surface area contributed by atoms with Crippen molar-refractivity contribution in [2.75, 3.05) is 13.2 Å². The Kier molecular flexibility index (Phi) is 11.4. The van der Waals surface area contributed by atoms with Crippen molar-refractivity contribution >= 4 is 11.8 Å². The number of amides is 2. The average molecular weight is 187 g/mol. The van der Waals surface area contributed by atoms with Gasteiger partial charge >= 0.3 is 0 Å². The van der Waals surface area contributed by atoms with Gasteiger partial charge in [0.25, 0.3) is 0 Å². The summed E-state index contributed by atoms with van der Waals surface area (Å²) in [5.74, 6) is -1.03. The largest absolute Gasteiger partial charge is 0.394 e. The summed E-state index contributed by atoms with van der Waals surface area (Å²) in [6.07, 6.45) is 2.03. The summed E-state index contributed by atoms with van der Waals surface area (Å²) in [4.78, 5) is 20.6. The quantitative estimate of drug-likeness (QED) is 0.493. The molecule has 0 aromatic rings. The van der Waals surface area contributed by atoms with Crippen LogP contribution in [-0.2, 0) is 9.59 Å². The van der Waals surface area contributed by atoms with Crippen LogP contribution in [-0.4, -0.2) is 35.2 Å². The number of aliphatic hydroxyl groups excluding tert-OH is 2. The van der Waals surface area contributed by atoms with Crippen molar-refractivity contribution in [1.29, 1.82) is 0 Å². The van der Waals surface area contributed by atoms with Gasteiger partial charge in [0.2, 0.25) is 11.8 Å². The molecular formula is C8H13NO4. The summed E-state index contributed by atoms with van der Waals surface area (Å²) >= 11 is 0. The van der Waals surface area contributed by atoms with Gasteiger partial charge in [0.15, 0.2) is 0 Å². The lowest BCUT2D eigenvalue weighted by Gasteiger charge is -1.91. The third kappa shape index (κ3) is 13.5. The topological polar surface area (TPSA) is 86.6 Å². The van der Waals surface area contributed by atoms with Gasteiger partial charge in [0, 0.05) is 0 Å². The molecule has 0 spiro atoms. The Morgan fingerprint density at radius 2 is 1.38 bits per heavy atom. The van der Waals surface area contributed by atoms with Crippen LogP contribution >= 0.6 is 0 Å². The number of rotatable bonds is 3. The molecule has 0 saturated carbocycles. The number of carbonyl (C=O) groups is 2. The molecule has 0 rings (SSSR count). The second kappa shape index (κ2) is 10.5. The molecule has 0 heterocycles. The average Bonchev–Trinajstić information content (AvgIpc) is 2.17. The van der Waals surface area contributed by atoms with Gasteiger partial charge in [0.1, 0.15) is 0 Å². The lowest BCUT2D eigenvalue weighted by molar-refractivity contribution is -0.125. The zero-order valence-electron chi connectivity index (χ0n) is 7.19. The lowest BCUT2D eigenvalue weighted by atomic mass is 10.5. The van der Waals surface area contributed by atoms with E-state index < -0.39 is 11.8 Å². The maximum absolute atomic E-state index is 10.3. The summed E-state index contributed by atoms with van der Waals surface area (Å²) in [7, 11) is 0. The highest BCUT2D eigenvalue weighted by atomic mass is 16.3. The molecule has 2 amide bonds. The van der Waals surface area contributed by atoms with Crippen LogP contribution in [0, 0.1) is 0 Å². The molecular weight excluding hydrogens is 174 g/mol. The number of nitrogens with one attached hydrogen (secondary N) is 1. The third-order valence-electron chi connectivity index (χ3n) is 0.717. The minimum Gasteiger partial charge on any atom is -0.394 e. The van der Waals surface area contributed by atoms with Gasteiger partial charge < -0.3 is 10.2 Å². The molecule has 0 aromatic heterocycles. The van der Waals surface area contributed by atoms with Crippen molar-refractivity contribution in [3.8, 4) is 0 Å². The first-order valence-electron chi connectivity index (χ1n) is 3.43. The Hall–Kier alpha value is -1.46. The summed E-state index contributed by atoms with van der Waals surface area (Å²) < 4.78 is 0. The predicted octanol–water partition coefficient (Wildman–Crippen LogP) is -1.03. The summed E-state index contributed by atoms with van der Waals surface area (Å²) in [6.45, 7) is 6.05. The SMILES string of the molecule is C=CC(=O)NC(=O)C=C.OCCO. The van der Waals surface area contributed by atoms with Gasteiger partial charge in [-0.25, -0.2) is 0 Å². The molecule has 0 bridgehead atoms. The van der Waals surface area contributed by atoms with E-state index in [0.717, 1.165) is 12.2 Å². The standard InChI is InChI=1S/C6H7NO2.C2H6O2/c1-3-5(8)7-6(9)4-2;3-1-2-4/h3-4H,1-2H2,(H,7,8,9);3-4H,1-2H2. The number of aliphatic hydroxyl groups is 2. The molecule has 0 radical (unpaired) electrons. The van der Waals surface area contributed by atoms with E-state index in [1.54, 1.807) is 0 Å². The van der Waals surface area contributed by atoms with Crippen molar-refractivity contribution in [2.24, 2.45) is 0 Å². The van der Waals surface area contributed by atoms with Crippen LogP contribution in [0.1, 0.15) is 0 Å². The van der Waals surface area contributed by atoms with Gasteiger partial charge in [-0.3, -0.25) is 14.9 Å². The first-order chi connectivity index (χ1) is 6.12. The zero-order valence-corrected chi connectivity index (χ0v) is 7.19. The highest BCUT2D eigenvalue weighted by Crippen LogP contribution is 1.68. The molecule has 0 aliphatic rings. The van der Waals surface area contributed by atoms with E-state index in [1.807, 2.05) is 5.32 Å². The highest BCUT2D eigenvalue weighted by molar-refractivity contribution is 6.04. The Bertz CT molecular complexity index is 169. The molecule has 13 heavy (non-hydrogen) atoms. The van der Waals surface area contributed by atoms with E-state index in [1.165, 1.54) is 0 Å². The van der Waals surface area contributed by atoms with E-state index >= 15 is 0 Å². The first-order valence-corrected chi connectivity index (χ1v) is 3.43. The molecule has 74 valence electrons. The zero-order chi connectivity index (χ0) is 10.7. The summed E-state index contributed by atoms with van der Waals surface area (Å²) in [5, 5.41) is 17.2. The van der Waals surface area contributed by atoms with Crippen LogP contribution in [0.2, 0.25) is 0 Å². The van der Waals surface area contributed by atoms with E-state index in [9.17, 15) is 9.59 Å². The van der Waals surface area contributed by atoms with Crippen LogP contribution in [0.3, 0.4) is 0 Å². The van der Waals surface area contributed by atoms with Crippen molar-refractivity contribution < 1.29 is 19.8 Å². The molecule has 0 aliphatic heterocycles. The molecule has 0 saturated heterocycles. The minimum atomic E-state index is -0.514. The Labute approximate surface area is 76.4 Å². The van der Waals surface area contributed by atoms with Crippen molar-refractivity contribution in [1.82, 2.24) is 5.32 Å². The van der Waals surface area contributed by atoms with E-state index in [4.69, 9.17) is 10.2 Å². The Morgan fingerprint density at radius 3 is 1.54 bits per heavy atom. The number of hydrogen-bond donors (Lipinski definition) is 3. The second-order valence-corrected chi connectivity index (χ2v) is 1.71. The van der Waals surface area contributed by atoms with Gasteiger partial charge in [-0.05, 0) is 12.2 Å². The van der Waals surface area contributed by atoms with E-state index in [-0.39, 0.29) is 13.2 Å². The van der Waals surface area contributed by atoms with Gasteiger partial charge in [-0.15, -0.1) is 0 Å². The molecule has 5 nitrogen and oxygen atoms in total. The molecule has 0 unspecified atom stereocenters. The molecule has 0 aromatic carbocycles. The molecule has 0 atom stereocenters. The van der Waals surface area contributed by atoms with Crippen molar-refractivity contribution in [3.63, 3.8) is 0 Å². The first kappa shape index (κ1) is 14.1. The van der Waals surface area contributed by atoms with E-state index in [2.05, 4.69) is 13.2 Å². The van der Waals surface area contributed by atoms with Crippen LogP contribution in [0.25, 0.3) is 0 Å². The van der Waals surface area contributed by atoms with Crippen LogP contribution < -0.4 is 5.32 Å². The lowest BCUT2D eigenvalue weighted by Crippen LogP contribution is -2.26. The fourth-order valence-corrected chi connectivity index (χ4v) is 0.223. The van der Waals surface area contributed by atoms with Crippen LogP contribution in [0.4, 0.5) is 0 Å². The smallest absolute Gasteiger partial charge is 0.250 e. The minimum absolute atomic E-state index is 0.125. The third-order valence-corrected chi connectivity index (χ3v) is 0.717. The number of imide groups is 1. The highest BCUT2D eigenvalue weighted by Gasteiger charge is 1.96. The molecule has 0 fully saturated rings. The van der Waals surface area contributed by atoms with Crippen LogP contribution in [0.15, 0.2) is 25.3 Å². The van der Waals surface area contributed by atoms with Crippen molar-refractivity contribution in [3.05, 3.63) is 25.3 Å². The fourth-order valence-electron chi connectivity index (χ4n) is 0.223. The van der Waals surface area contributed by atoms with Crippen LogP contribution in [0.5, 0.6) is 0 Å². The number of carbonyl (C=O) groups excluding carboxylic acids is 2. The molecule has 0 aliphatic carbocycles. The monoisotopic (exact) mass is 187 g/mol. The summed E-state index contributed by atoms with van der Waals surface area (Å²) in [5.41, 5.74) is 0. The normalized spacial score (nSPS) is 7.54. The Morgan fingerprint density at radius 1 is 1.08 bits per heavy atom. The van der Waals surface area contributed by atoms with Gasteiger partial charge in [-0.2, -0.15) is 0 Å². The van der Waals surface area contributed by atoms with Gasteiger partial charge in [0.05, 0.1) is 13.2 Å². The van der Waals surface area contributed by atoms with Crippen molar-refractivity contribution in [2.45, 2.75) is 0 Å². The predicted molar refractivity (Wildman–Crippen MR) is 47.7 cm³/mol. The Balaban J connectivity index is 0. The maximum Gasteiger partial charge on any atom is 0.250 e. The van der Waals surface area contributed by atoms with E-state index in [0.29, 0.717) is 0 Å². The summed E-state index contributed by atoms with van der Waals surface area (Å²) in [6, 6.07) is 0. The second-order valence-electron chi connectivity index (χ2n) is 1.71. The van der Waals surface area contributed by atoms with Gasteiger partial charge in [-0.1, -0.05) is 13.2 Å².